The summed E-state index contributed by atoms with van der Waals surface area (Å²) in [5.74, 6) is -0.422. The van der Waals surface area contributed by atoms with Crippen molar-refractivity contribution >= 4 is 17.3 Å². The molecule has 0 aliphatic carbocycles. The Labute approximate surface area is 114 Å². The van der Waals surface area contributed by atoms with Gasteiger partial charge in [-0.05, 0) is 17.7 Å². The number of benzene rings is 1. The van der Waals surface area contributed by atoms with Crippen LogP contribution in [0.3, 0.4) is 0 Å². The number of nitro groups is 1. The van der Waals surface area contributed by atoms with Gasteiger partial charge in [-0.3, -0.25) is 14.9 Å². The summed E-state index contributed by atoms with van der Waals surface area (Å²) in [7, 11) is 0. The van der Waals surface area contributed by atoms with Crippen molar-refractivity contribution in [1.29, 1.82) is 0 Å². The Morgan fingerprint density at radius 2 is 2.15 bits per heavy atom. The van der Waals surface area contributed by atoms with Crippen LogP contribution in [0.25, 0.3) is 0 Å². The summed E-state index contributed by atoms with van der Waals surface area (Å²) in [4.78, 5) is 25.9. The van der Waals surface area contributed by atoms with Gasteiger partial charge in [-0.2, -0.15) is 0 Å². The molecule has 2 aromatic rings. The van der Waals surface area contributed by atoms with Crippen LogP contribution in [0.1, 0.15) is 16.1 Å². The number of non-ortho nitro benzene ring substituents is 1. The highest BCUT2D eigenvalue weighted by Gasteiger charge is 2.11. The molecule has 0 unspecified atom stereocenters. The van der Waals surface area contributed by atoms with E-state index < -0.39 is 10.8 Å². The number of amides is 1. The molecule has 0 fully saturated rings. The number of nitrogens with zero attached hydrogens (tertiary/aromatic N) is 2. The quantitative estimate of drug-likeness (QED) is 0.647. The van der Waals surface area contributed by atoms with E-state index in [-0.39, 0.29) is 23.6 Å². The lowest BCUT2D eigenvalue weighted by molar-refractivity contribution is -0.384. The lowest BCUT2D eigenvalue weighted by atomic mass is 10.2. The fourth-order valence-corrected chi connectivity index (χ4v) is 1.65. The van der Waals surface area contributed by atoms with Gasteiger partial charge >= 0.3 is 0 Å². The number of nitrogens with two attached hydrogens (primary N) is 1. The van der Waals surface area contributed by atoms with Gasteiger partial charge in [0.1, 0.15) is 0 Å². The zero-order valence-corrected chi connectivity index (χ0v) is 10.4. The molecule has 7 nitrogen and oxygen atoms in total. The van der Waals surface area contributed by atoms with E-state index in [0.29, 0.717) is 5.56 Å². The predicted octanol–water partition coefficient (Wildman–Crippen LogP) is 1.50. The standard InChI is InChI=1S/C13H12N4O3/c14-11-5-2-6-15-12(11)13(18)16-8-9-3-1-4-10(7-9)17(19)20/h1-7H,8,14H2,(H,16,18). The molecule has 0 aliphatic heterocycles. The highest BCUT2D eigenvalue weighted by molar-refractivity contribution is 5.96. The SMILES string of the molecule is Nc1cccnc1C(=O)NCc1cccc([N+](=O)[O-])c1. The molecule has 20 heavy (non-hydrogen) atoms. The molecule has 1 amide bonds. The average molecular weight is 272 g/mol. The molecular weight excluding hydrogens is 260 g/mol. The molecule has 102 valence electrons. The molecule has 0 radical (unpaired) electrons. The lowest BCUT2D eigenvalue weighted by Crippen LogP contribution is -2.24. The van der Waals surface area contributed by atoms with Crippen molar-refractivity contribution in [1.82, 2.24) is 10.3 Å². The van der Waals surface area contributed by atoms with E-state index in [9.17, 15) is 14.9 Å². The minimum atomic E-state index is -0.484. The zero-order chi connectivity index (χ0) is 14.5. The van der Waals surface area contributed by atoms with E-state index in [1.54, 1.807) is 24.3 Å². The summed E-state index contributed by atoms with van der Waals surface area (Å²) in [5, 5.41) is 13.3. The van der Waals surface area contributed by atoms with Crippen LogP contribution in [-0.2, 0) is 6.54 Å². The van der Waals surface area contributed by atoms with Crippen LogP contribution in [-0.4, -0.2) is 15.8 Å². The molecular formula is C13H12N4O3. The van der Waals surface area contributed by atoms with Gasteiger partial charge in [0.25, 0.3) is 11.6 Å². The molecule has 1 aromatic carbocycles. The van der Waals surface area contributed by atoms with Crippen LogP contribution < -0.4 is 11.1 Å². The highest BCUT2D eigenvalue weighted by Crippen LogP contribution is 2.13. The van der Waals surface area contributed by atoms with E-state index >= 15 is 0 Å². The summed E-state index contributed by atoms with van der Waals surface area (Å²) in [6.07, 6.45) is 1.47. The number of pyridine rings is 1. The number of aromatic nitrogens is 1. The van der Waals surface area contributed by atoms with Gasteiger partial charge in [0.2, 0.25) is 0 Å². The summed E-state index contributed by atoms with van der Waals surface area (Å²) in [6.45, 7) is 0.163. The first-order valence-electron chi connectivity index (χ1n) is 5.80. The van der Waals surface area contributed by atoms with Crippen molar-refractivity contribution in [2.24, 2.45) is 0 Å². The number of rotatable bonds is 4. The van der Waals surface area contributed by atoms with Crippen LogP contribution in [0.2, 0.25) is 0 Å². The van der Waals surface area contributed by atoms with Crippen LogP contribution in [0.4, 0.5) is 11.4 Å². The van der Waals surface area contributed by atoms with Crippen LogP contribution in [0.5, 0.6) is 0 Å². The average Bonchev–Trinajstić information content (AvgIpc) is 2.45. The van der Waals surface area contributed by atoms with E-state index in [0.717, 1.165) is 0 Å². The van der Waals surface area contributed by atoms with Crippen molar-refractivity contribution in [3.05, 3.63) is 64.0 Å². The molecule has 0 aliphatic rings. The first kappa shape index (κ1) is 13.5. The topological polar surface area (TPSA) is 111 Å². The minimum Gasteiger partial charge on any atom is -0.397 e. The molecule has 0 spiro atoms. The fourth-order valence-electron chi connectivity index (χ4n) is 1.65. The molecule has 7 heteroatoms. The van der Waals surface area contributed by atoms with Gasteiger partial charge in [-0.25, -0.2) is 4.98 Å². The summed E-state index contributed by atoms with van der Waals surface area (Å²) in [5.41, 5.74) is 6.67. The Balaban J connectivity index is 2.06. The molecule has 0 atom stereocenters. The number of nitrogen functional groups attached to an aromatic ring is 1. The first-order chi connectivity index (χ1) is 9.58. The number of hydrogen-bond acceptors (Lipinski definition) is 5. The van der Waals surface area contributed by atoms with Gasteiger partial charge < -0.3 is 11.1 Å². The monoisotopic (exact) mass is 272 g/mol. The maximum absolute atomic E-state index is 11.9. The Morgan fingerprint density at radius 3 is 2.85 bits per heavy atom. The normalized spacial score (nSPS) is 10.0. The van der Waals surface area contributed by atoms with Crippen LogP contribution >= 0.6 is 0 Å². The second-order valence-electron chi connectivity index (χ2n) is 4.05. The Hall–Kier alpha value is -2.96. The Bertz CT molecular complexity index is 658. The summed E-state index contributed by atoms with van der Waals surface area (Å²) < 4.78 is 0. The molecule has 1 heterocycles. The van der Waals surface area contributed by atoms with Crippen molar-refractivity contribution in [2.75, 3.05) is 5.73 Å². The van der Waals surface area contributed by atoms with Gasteiger partial charge in [-0.1, -0.05) is 12.1 Å². The molecule has 0 saturated carbocycles. The van der Waals surface area contributed by atoms with Crippen molar-refractivity contribution in [3.63, 3.8) is 0 Å². The van der Waals surface area contributed by atoms with E-state index in [1.807, 2.05) is 0 Å². The van der Waals surface area contributed by atoms with Crippen molar-refractivity contribution in [3.8, 4) is 0 Å². The number of nitro benzene ring substituents is 1. The Kier molecular flexibility index (Phi) is 3.90. The lowest BCUT2D eigenvalue weighted by Gasteiger charge is -2.06. The van der Waals surface area contributed by atoms with Crippen molar-refractivity contribution in [2.45, 2.75) is 6.54 Å². The largest absolute Gasteiger partial charge is 0.397 e. The zero-order valence-electron chi connectivity index (χ0n) is 10.4. The van der Waals surface area contributed by atoms with Crippen molar-refractivity contribution < 1.29 is 9.72 Å². The molecule has 1 aromatic heterocycles. The highest BCUT2D eigenvalue weighted by atomic mass is 16.6. The molecule has 0 bridgehead atoms. The van der Waals surface area contributed by atoms with Gasteiger partial charge in [-0.15, -0.1) is 0 Å². The maximum atomic E-state index is 11.9. The number of hydrogen-bond donors (Lipinski definition) is 2. The Morgan fingerprint density at radius 1 is 1.35 bits per heavy atom. The third-order valence-corrected chi connectivity index (χ3v) is 2.63. The second-order valence-corrected chi connectivity index (χ2v) is 4.05. The molecule has 3 N–H and O–H groups in total. The minimum absolute atomic E-state index is 0.0194. The third kappa shape index (κ3) is 3.08. The van der Waals surface area contributed by atoms with Gasteiger partial charge in [0.15, 0.2) is 5.69 Å². The van der Waals surface area contributed by atoms with Gasteiger partial charge in [0, 0.05) is 24.9 Å². The van der Waals surface area contributed by atoms with E-state index in [2.05, 4.69) is 10.3 Å². The predicted molar refractivity (Wildman–Crippen MR) is 72.9 cm³/mol. The van der Waals surface area contributed by atoms with Gasteiger partial charge in [0.05, 0.1) is 10.6 Å². The molecule has 0 saturated heterocycles. The first-order valence-corrected chi connectivity index (χ1v) is 5.80. The van der Waals surface area contributed by atoms with Crippen LogP contribution in [0.15, 0.2) is 42.6 Å². The smallest absolute Gasteiger partial charge is 0.272 e. The third-order valence-electron chi connectivity index (χ3n) is 2.63. The van der Waals surface area contributed by atoms with E-state index in [4.69, 9.17) is 5.73 Å². The number of carbonyl (C=O) groups is 1. The number of nitrogens with one attached hydrogen (secondary N) is 1. The summed E-state index contributed by atoms with van der Waals surface area (Å²) in [6, 6.07) is 9.26. The summed E-state index contributed by atoms with van der Waals surface area (Å²) >= 11 is 0. The molecule has 2 rings (SSSR count). The maximum Gasteiger partial charge on any atom is 0.272 e. The number of anilines is 1. The van der Waals surface area contributed by atoms with E-state index in [1.165, 1.54) is 18.3 Å². The fraction of sp³-hybridized carbons (Fsp3) is 0.0769. The number of carbonyl (C=O) groups excluding carboxylic acids is 1. The second kappa shape index (κ2) is 5.79. The van der Waals surface area contributed by atoms with Crippen LogP contribution in [0, 0.1) is 10.1 Å².